The third kappa shape index (κ3) is 4.81. The molecule has 0 N–H and O–H groups in total. The molecule has 0 unspecified atom stereocenters. The second-order valence-corrected chi connectivity index (χ2v) is 9.56. The number of rotatable bonds is 7. The molecule has 4 aromatic rings. The van der Waals surface area contributed by atoms with Crippen LogP contribution in [-0.2, 0) is 19.9 Å². The minimum absolute atomic E-state index is 0.267. The number of ether oxygens (including phenoxy) is 2. The number of benzene rings is 4. The Morgan fingerprint density at radius 1 is 0.743 bits per heavy atom. The molecule has 174 valence electrons. The van der Waals surface area contributed by atoms with Gasteiger partial charge < -0.3 is 9.47 Å². The molecule has 1 atom stereocenters. The predicted molar refractivity (Wildman–Crippen MR) is 147 cm³/mol. The van der Waals surface area contributed by atoms with E-state index in [1.54, 1.807) is 0 Å². The number of hydrogen-bond acceptors (Lipinski definition) is 3. The number of halogens is 1. The number of esters is 1. The maximum Gasteiger partial charge on any atom is 0.335 e. The molecule has 4 aromatic carbocycles. The van der Waals surface area contributed by atoms with Crippen LogP contribution in [0, 0.1) is 0 Å². The van der Waals surface area contributed by atoms with Gasteiger partial charge >= 0.3 is 5.97 Å². The molecule has 0 bridgehead atoms. The topological polar surface area (TPSA) is 35.5 Å². The fourth-order valence-corrected chi connectivity index (χ4v) is 5.39. The number of carbonyl (C=O) groups excluding carboxylic acids is 1. The number of cyclic esters (lactones) is 1. The molecule has 1 aliphatic rings. The monoisotopic (exact) mass is 572 g/mol. The van der Waals surface area contributed by atoms with E-state index in [9.17, 15) is 4.79 Å². The van der Waals surface area contributed by atoms with Crippen LogP contribution in [0.5, 0.6) is 0 Å². The zero-order valence-electron chi connectivity index (χ0n) is 19.1. The Balaban J connectivity index is 1.51. The lowest BCUT2D eigenvalue weighted by molar-refractivity contribution is -0.143. The van der Waals surface area contributed by atoms with Crippen LogP contribution in [0.4, 0.5) is 0 Å². The van der Waals surface area contributed by atoms with E-state index in [-0.39, 0.29) is 18.7 Å². The number of carbonyl (C=O) groups is 1. The van der Waals surface area contributed by atoms with Crippen molar-refractivity contribution in [1.82, 2.24) is 0 Å². The smallest absolute Gasteiger partial charge is 0.335 e. The molecule has 0 spiro atoms. The Morgan fingerprint density at radius 3 is 1.63 bits per heavy atom. The molecule has 35 heavy (non-hydrogen) atoms. The van der Waals surface area contributed by atoms with E-state index in [2.05, 4.69) is 59.0 Å². The van der Waals surface area contributed by atoms with Gasteiger partial charge in [-0.2, -0.15) is 0 Å². The molecule has 0 aliphatic carbocycles. The average molecular weight is 572 g/mol. The van der Waals surface area contributed by atoms with E-state index in [4.69, 9.17) is 9.47 Å². The van der Waals surface area contributed by atoms with E-state index in [1.165, 1.54) is 0 Å². The van der Waals surface area contributed by atoms with Crippen LogP contribution < -0.4 is 0 Å². The van der Waals surface area contributed by atoms with Gasteiger partial charge in [-0.15, -0.1) is 0 Å². The average Bonchev–Trinajstić information content (AvgIpc) is 3.31. The van der Waals surface area contributed by atoms with Gasteiger partial charge in [-0.25, -0.2) is 4.79 Å². The summed E-state index contributed by atoms with van der Waals surface area (Å²) in [5.41, 5.74) is 3.96. The lowest BCUT2D eigenvalue weighted by atomic mass is 9.80. The first-order valence-electron chi connectivity index (χ1n) is 11.6. The van der Waals surface area contributed by atoms with Crippen molar-refractivity contribution in [2.24, 2.45) is 0 Å². The van der Waals surface area contributed by atoms with Crippen molar-refractivity contribution < 1.29 is 14.3 Å². The minimum atomic E-state index is -0.838. The molecule has 1 aliphatic heterocycles. The molecule has 4 heteroatoms. The third-order valence-corrected chi connectivity index (χ3v) is 7.54. The van der Waals surface area contributed by atoms with Gasteiger partial charge in [-0.1, -0.05) is 121 Å². The Kier molecular flexibility index (Phi) is 7.11. The van der Waals surface area contributed by atoms with E-state index < -0.39 is 5.60 Å². The van der Waals surface area contributed by atoms with Crippen LogP contribution in [0.3, 0.4) is 0 Å². The van der Waals surface area contributed by atoms with E-state index >= 15 is 0 Å². The first-order chi connectivity index (χ1) is 17.2. The zero-order chi connectivity index (χ0) is 24.1. The summed E-state index contributed by atoms with van der Waals surface area (Å²) in [6, 6.07) is 40.6. The molecule has 1 fully saturated rings. The van der Waals surface area contributed by atoms with Crippen molar-refractivity contribution >= 4 is 32.1 Å². The Labute approximate surface area is 219 Å². The lowest BCUT2D eigenvalue weighted by Gasteiger charge is -2.36. The van der Waals surface area contributed by atoms with Crippen molar-refractivity contribution in [2.75, 3.05) is 6.61 Å². The minimum Gasteiger partial charge on any atom is -0.456 e. The van der Waals surface area contributed by atoms with Gasteiger partial charge in [0, 0.05) is 10.0 Å². The summed E-state index contributed by atoms with van der Waals surface area (Å²) in [5, 5.41) is 0. The maximum atomic E-state index is 12.8. The van der Waals surface area contributed by atoms with Crippen LogP contribution in [0.25, 0.3) is 3.58 Å². The summed E-state index contributed by atoms with van der Waals surface area (Å²) < 4.78 is 13.6. The van der Waals surface area contributed by atoms with Gasteiger partial charge in [0.2, 0.25) is 0 Å². The summed E-state index contributed by atoms with van der Waals surface area (Å²) in [6.45, 7) is 0.270. The number of hydrogen-bond donors (Lipinski definition) is 0. The summed E-state index contributed by atoms with van der Waals surface area (Å²) in [4.78, 5) is 12.8. The summed E-state index contributed by atoms with van der Waals surface area (Å²) in [5.74, 6) is -0.267. The first-order valence-corrected chi connectivity index (χ1v) is 12.7. The zero-order valence-corrected chi connectivity index (χ0v) is 21.3. The van der Waals surface area contributed by atoms with Crippen LogP contribution in [0.2, 0.25) is 0 Å². The highest BCUT2D eigenvalue weighted by atomic mass is 127. The lowest BCUT2D eigenvalue weighted by Crippen LogP contribution is -2.35. The third-order valence-electron chi connectivity index (χ3n) is 6.27. The first kappa shape index (κ1) is 23.5. The van der Waals surface area contributed by atoms with Crippen LogP contribution in [0.1, 0.15) is 28.7 Å². The second-order valence-electron chi connectivity index (χ2n) is 8.48. The highest BCUT2D eigenvalue weighted by Gasteiger charge is 2.40. The van der Waals surface area contributed by atoms with Gasteiger partial charge in [0.15, 0.2) is 0 Å². The molecule has 3 nitrogen and oxygen atoms in total. The standard InChI is InChI=1S/C31H25IO3/c32-29(23-13-5-1-6-14-23)28-21-27(35-30(28)33)22-34-31(24-15-7-2-8-16-24,25-17-9-3-10-18-25)26-19-11-4-12-20-26/h1-20,27H,21-22H2/b29-28-/t27-/m0/s1. The van der Waals surface area contributed by atoms with E-state index in [0.29, 0.717) is 12.0 Å². The molecule has 5 rings (SSSR count). The van der Waals surface area contributed by atoms with Gasteiger partial charge in [0.25, 0.3) is 0 Å². The molecule has 1 saturated heterocycles. The van der Waals surface area contributed by atoms with Gasteiger partial charge in [-0.3, -0.25) is 0 Å². The van der Waals surface area contributed by atoms with Crippen molar-refractivity contribution in [2.45, 2.75) is 18.1 Å². The Morgan fingerprint density at radius 2 is 1.17 bits per heavy atom. The summed E-state index contributed by atoms with van der Waals surface area (Å²) in [7, 11) is 0. The van der Waals surface area contributed by atoms with Crippen LogP contribution >= 0.6 is 22.6 Å². The predicted octanol–water partition coefficient (Wildman–Crippen LogP) is 7.16. The molecule has 1 heterocycles. The SMILES string of the molecule is O=C1O[C@H](COC(c2ccccc2)(c2ccccc2)c2ccccc2)C/C1=C(/I)c1ccccc1. The van der Waals surface area contributed by atoms with Crippen molar-refractivity contribution in [3.63, 3.8) is 0 Å². The van der Waals surface area contributed by atoms with Crippen LogP contribution in [0.15, 0.2) is 127 Å². The fourth-order valence-electron chi connectivity index (χ4n) is 4.59. The van der Waals surface area contributed by atoms with Crippen molar-refractivity contribution in [1.29, 1.82) is 0 Å². The molecule has 0 radical (unpaired) electrons. The maximum absolute atomic E-state index is 12.8. The van der Waals surface area contributed by atoms with Crippen molar-refractivity contribution in [3.8, 4) is 0 Å². The van der Waals surface area contributed by atoms with Crippen LogP contribution in [-0.4, -0.2) is 18.7 Å². The fraction of sp³-hybridized carbons (Fsp3) is 0.129. The summed E-state index contributed by atoms with van der Waals surface area (Å²) >= 11 is 2.25. The Hall–Kier alpha value is -3.22. The molecule has 0 amide bonds. The largest absolute Gasteiger partial charge is 0.456 e. The highest BCUT2D eigenvalue weighted by Crippen LogP contribution is 2.41. The highest BCUT2D eigenvalue weighted by molar-refractivity contribution is 14.1. The summed E-state index contributed by atoms with van der Waals surface area (Å²) in [6.07, 6.45) is 0.155. The van der Waals surface area contributed by atoms with Gasteiger partial charge in [0.1, 0.15) is 11.7 Å². The molecular formula is C31H25IO3. The quantitative estimate of drug-likeness (QED) is 0.102. The second kappa shape index (κ2) is 10.6. The van der Waals surface area contributed by atoms with Gasteiger partial charge in [0.05, 0.1) is 12.2 Å². The van der Waals surface area contributed by atoms with Crippen molar-refractivity contribution in [3.05, 3.63) is 149 Å². The molecule has 0 aromatic heterocycles. The van der Waals surface area contributed by atoms with E-state index in [0.717, 1.165) is 25.8 Å². The normalized spacial score (nSPS) is 17.2. The van der Waals surface area contributed by atoms with E-state index in [1.807, 2.05) is 84.9 Å². The molecular weight excluding hydrogens is 547 g/mol. The van der Waals surface area contributed by atoms with Gasteiger partial charge in [-0.05, 0) is 44.8 Å². The Bertz CT molecular complexity index is 1210. The molecule has 0 saturated carbocycles.